The van der Waals surface area contributed by atoms with E-state index in [0.29, 0.717) is 11.6 Å². The smallest absolute Gasteiger partial charge is 0.271 e. The van der Waals surface area contributed by atoms with Crippen molar-refractivity contribution in [1.82, 2.24) is 10.3 Å². The summed E-state index contributed by atoms with van der Waals surface area (Å²) in [6.45, 7) is 6.12. The first-order valence-electron chi connectivity index (χ1n) is 4.93. The van der Waals surface area contributed by atoms with E-state index in [0.717, 1.165) is 4.47 Å². The molecule has 1 aromatic heterocycles. The first kappa shape index (κ1) is 12.2. The normalized spacial score (nSPS) is 12.6. The van der Waals surface area contributed by atoms with Crippen LogP contribution >= 0.6 is 15.9 Å². The molecule has 1 N–H and O–H groups in total. The molecular formula is C11H15BrN2O. The van der Waals surface area contributed by atoms with E-state index in [-0.39, 0.29) is 11.9 Å². The van der Waals surface area contributed by atoms with Crippen LogP contribution in [-0.4, -0.2) is 16.9 Å². The summed E-state index contributed by atoms with van der Waals surface area (Å²) in [5.74, 6) is 0.278. The molecule has 1 unspecified atom stereocenters. The van der Waals surface area contributed by atoms with Gasteiger partial charge in [0.25, 0.3) is 5.91 Å². The monoisotopic (exact) mass is 270 g/mol. The SMILES string of the molecule is CC(C)C(C)NC(=O)c1ncccc1Br. The largest absolute Gasteiger partial charge is 0.348 e. The maximum absolute atomic E-state index is 11.8. The van der Waals surface area contributed by atoms with E-state index in [2.05, 4.69) is 40.1 Å². The van der Waals surface area contributed by atoms with Gasteiger partial charge in [0.2, 0.25) is 0 Å². The number of nitrogens with one attached hydrogen (secondary N) is 1. The first-order chi connectivity index (χ1) is 7.02. The number of carbonyl (C=O) groups excluding carboxylic acids is 1. The molecule has 3 nitrogen and oxygen atoms in total. The lowest BCUT2D eigenvalue weighted by molar-refractivity contribution is 0.0924. The van der Waals surface area contributed by atoms with Gasteiger partial charge < -0.3 is 5.32 Å². The van der Waals surface area contributed by atoms with E-state index in [1.807, 2.05) is 13.0 Å². The second kappa shape index (κ2) is 5.26. The van der Waals surface area contributed by atoms with E-state index >= 15 is 0 Å². The van der Waals surface area contributed by atoms with Gasteiger partial charge in [-0.05, 0) is 40.9 Å². The molecular weight excluding hydrogens is 256 g/mol. The van der Waals surface area contributed by atoms with Crippen LogP contribution in [0.5, 0.6) is 0 Å². The van der Waals surface area contributed by atoms with Crippen LogP contribution in [0.15, 0.2) is 22.8 Å². The molecule has 0 saturated heterocycles. The highest BCUT2D eigenvalue weighted by molar-refractivity contribution is 9.10. The van der Waals surface area contributed by atoms with Gasteiger partial charge in [-0.1, -0.05) is 13.8 Å². The number of halogens is 1. The average Bonchev–Trinajstić information content (AvgIpc) is 2.18. The van der Waals surface area contributed by atoms with Crippen molar-refractivity contribution in [3.63, 3.8) is 0 Å². The summed E-state index contributed by atoms with van der Waals surface area (Å²) in [5, 5.41) is 2.90. The number of carbonyl (C=O) groups is 1. The third-order valence-electron chi connectivity index (χ3n) is 2.33. The summed E-state index contributed by atoms with van der Waals surface area (Å²) in [6.07, 6.45) is 1.61. The lowest BCUT2D eigenvalue weighted by atomic mass is 10.1. The predicted octanol–water partition coefficient (Wildman–Crippen LogP) is 2.62. The maximum Gasteiger partial charge on any atom is 0.271 e. The van der Waals surface area contributed by atoms with Gasteiger partial charge in [-0.25, -0.2) is 4.98 Å². The Bertz CT molecular complexity index is 352. The van der Waals surface area contributed by atoms with Crippen LogP contribution in [0.2, 0.25) is 0 Å². The molecule has 0 aliphatic heterocycles. The lowest BCUT2D eigenvalue weighted by Crippen LogP contribution is -2.36. The number of hydrogen-bond acceptors (Lipinski definition) is 2. The van der Waals surface area contributed by atoms with Gasteiger partial charge in [0.05, 0.1) is 0 Å². The molecule has 0 saturated carbocycles. The van der Waals surface area contributed by atoms with Gasteiger partial charge in [0, 0.05) is 16.7 Å². The summed E-state index contributed by atoms with van der Waals surface area (Å²) < 4.78 is 0.721. The minimum atomic E-state index is -0.135. The second-order valence-electron chi connectivity index (χ2n) is 3.84. The molecule has 82 valence electrons. The Morgan fingerprint density at radius 2 is 2.13 bits per heavy atom. The van der Waals surface area contributed by atoms with Crippen molar-refractivity contribution < 1.29 is 4.79 Å². The first-order valence-corrected chi connectivity index (χ1v) is 5.73. The molecule has 0 aromatic carbocycles. The minimum Gasteiger partial charge on any atom is -0.348 e. The fourth-order valence-electron chi connectivity index (χ4n) is 0.995. The van der Waals surface area contributed by atoms with E-state index in [4.69, 9.17) is 0 Å². The summed E-state index contributed by atoms with van der Waals surface area (Å²) >= 11 is 3.30. The van der Waals surface area contributed by atoms with Crippen molar-refractivity contribution in [2.75, 3.05) is 0 Å². The predicted molar refractivity (Wildman–Crippen MR) is 63.7 cm³/mol. The van der Waals surface area contributed by atoms with E-state index in [9.17, 15) is 4.79 Å². The molecule has 0 spiro atoms. The number of nitrogens with zero attached hydrogens (tertiary/aromatic N) is 1. The van der Waals surface area contributed by atoms with Gasteiger partial charge in [-0.2, -0.15) is 0 Å². The average molecular weight is 271 g/mol. The Hall–Kier alpha value is -0.900. The van der Waals surface area contributed by atoms with Crippen molar-refractivity contribution in [2.45, 2.75) is 26.8 Å². The molecule has 0 bridgehead atoms. The van der Waals surface area contributed by atoms with Crippen molar-refractivity contribution in [3.8, 4) is 0 Å². The summed E-state index contributed by atoms with van der Waals surface area (Å²) in [4.78, 5) is 15.8. The van der Waals surface area contributed by atoms with E-state index in [1.165, 1.54) is 0 Å². The van der Waals surface area contributed by atoms with Crippen LogP contribution in [0.25, 0.3) is 0 Å². The van der Waals surface area contributed by atoms with Gasteiger partial charge >= 0.3 is 0 Å². The number of aromatic nitrogens is 1. The highest BCUT2D eigenvalue weighted by Crippen LogP contribution is 2.13. The Morgan fingerprint density at radius 1 is 1.47 bits per heavy atom. The summed E-state index contributed by atoms with van der Waals surface area (Å²) in [6, 6.07) is 3.74. The highest BCUT2D eigenvalue weighted by atomic mass is 79.9. The van der Waals surface area contributed by atoms with Crippen molar-refractivity contribution >= 4 is 21.8 Å². The lowest BCUT2D eigenvalue weighted by Gasteiger charge is -2.17. The van der Waals surface area contributed by atoms with Gasteiger partial charge in [-0.3, -0.25) is 4.79 Å². The quantitative estimate of drug-likeness (QED) is 0.918. The number of rotatable bonds is 3. The number of amides is 1. The van der Waals surface area contributed by atoms with Crippen molar-refractivity contribution in [3.05, 3.63) is 28.5 Å². The number of hydrogen-bond donors (Lipinski definition) is 1. The zero-order valence-electron chi connectivity index (χ0n) is 9.12. The van der Waals surface area contributed by atoms with Crippen LogP contribution in [0.1, 0.15) is 31.3 Å². The Labute approximate surface area is 98.4 Å². The molecule has 1 aromatic rings. The molecule has 0 radical (unpaired) electrons. The van der Waals surface area contributed by atoms with E-state index < -0.39 is 0 Å². The highest BCUT2D eigenvalue weighted by Gasteiger charge is 2.15. The number of pyridine rings is 1. The summed E-state index contributed by atoms with van der Waals surface area (Å²) in [7, 11) is 0. The van der Waals surface area contributed by atoms with E-state index in [1.54, 1.807) is 12.3 Å². The molecule has 0 aliphatic rings. The molecule has 4 heteroatoms. The van der Waals surface area contributed by atoms with Crippen LogP contribution in [0.4, 0.5) is 0 Å². The Balaban J connectivity index is 2.74. The van der Waals surface area contributed by atoms with Crippen molar-refractivity contribution in [1.29, 1.82) is 0 Å². The fraction of sp³-hybridized carbons (Fsp3) is 0.455. The minimum absolute atomic E-state index is 0.135. The third kappa shape index (κ3) is 3.30. The zero-order valence-corrected chi connectivity index (χ0v) is 10.7. The standard InChI is InChI=1S/C11H15BrN2O/c1-7(2)8(3)14-11(15)10-9(12)5-4-6-13-10/h4-8H,1-3H3,(H,14,15). The van der Waals surface area contributed by atoms with Gasteiger partial charge in [0.1, 0.15) is 5.69 Å². The second-order valence-corrected chi connectivity index (χ2v) is 4.69. The maximum atomic E-state index is 11.8. The zero-order chi connectivity index (χ0) is 11.4. The third-order valence-corrected chi connectivity index (χ3v) is 2.97. The molecule has 1 amide bonds. The van der Waals surface area contributed by atoms with Gasteiger partial charge in [-0.15, -0.1) is 0 Å². The molecule has 1 rings (SSSR count). The fourth-order valence-corrected chi connectivity index (χ4v) is 1.43. The molecule has 15 heavy (non-hydrogen) atoms. The summed E-state index contributed by atoms with van der Waals surface area (Å²) in [5.41, 5.74) is 0.435. The Morgan fingerprint density at radius 3 is 2.67 bits per heavy atom. The molecule has 0 aliphatic carbocycles. The van der Waals surface area contributed by atoms with Crippen LogP contribution in [-0.2, 0) is 0 Å². The van der Waals surface area contributed by atoms with Crippen LogP contribution < -0.4 is 5.32 Å². The van der Waals surface area contributed by atoms with Gasteiger partial charge in [0.15, 0.2) is 0 Å². The molecule has 1 atom stereocenters. The van der Waals surface area contributed by atoms with Crippen LogP contribution in [0.3, 0.4) is 0 Å². The van der Waals surface area contributed by atoms with Crippen LogP contribution in [0, 0.1) is 5.92 Å². The van der Waals surface area contributed by atoms with Crippen molar-refractivity contribution in [2.24, 2.45) is 5.92 Å². The topological polar surface area (TPSA) is 42.0 Å². The molecule has 0 fully saturated rings. The molecule has 1 heterocycles. The Kier molecular flexibility index (Phi) is 4.27.